The second kappa shape index (κ2) is 12.3. The monoisotopic (exact) mass is 564 g/mol. The summed E-state index contributed by atoms with van der Waals surface area (Å²) in [6, 6.07) is 8.73. The van der Waals surface area contributed by atoms with E-state index in [1.807, 2.05) is 27.0 Å². The number of carbonyl (C=O) groups is 2. The number of esters is 1. The van der Waals surface area contributed by atoms with Crippen LogP contribution in [0.3, 0.4) is 0 Å². The lowest BCUT2D eigenvalue weighted by atomic mass is 9.95. The summed E-state index contributed by atoms with van der Waals surface area (Å²) in [7, 11) is -2.19. The Bertz CT molecular complexity index is 1480. The van der Waals surface area contributed by atoms with Crippen LogP contribution in [0, 0.1) is 25.2 Å². The second-order valence-electron chi connectivity index (χ2n) is 10.4. The third kappa shape index (κ3) is 6.28. The molecule has 0 unspecified atom stereocenters. The average molecular weight is 565 g/mol. The number of hydrogen-bond donors (Lipinski definition) is 1. The van der Waals surface area contributed by atoms with Crippen LogP contribution in [0.1, 0.15) is 46.7 Å². The van der Waals surface area contributed by atoms with Gasteiger partial charge in [-0.05, 0) is 87.0 Å². The lowest BCUT2D eigenvalue weighted by Crippen LogP contribution is -2.55. The van der Waals surface area contributed by atoms with Crippen LogP contribution < -0.4 is 4.72 Å². The highest BCUT2D eigenvalue weighted by Gasteiger charge is 2.37. The van der Waals surface area contributed by atoms with Crippen molar-refractivity contribution in [1.29, 1.82) is 5.26 Å². The number of rotatable bonds is 8. The van der Waals surface area contributed by atoms with Gasteiger partial charge in [0.1, 0.15) is 12.1 Å². The highest BCUT2D eigenvalue weighted by molar-refractivity contribution is 7.89. The molecule has 0 fully saturated rings. The number of nitrogens with one attached hydrogen (secondary N) is 1. The van der Waals surface area contributed by atoms with Crippen molar-refractivity contribution in [1.82, 2.24) is 14.5 Å². The average Bonchev–Trinajstić information content (AvgIpc) is 2.93. The predicted molar refractivity (Wildman–Crippen MR) is 151 cm³/mol. The molecule has 0 radical (unpaired) electrons. The first-order valence-corrected chi connectivity index (χ1v) is 15.0. The molecule has 0 spiro atoms. The number of amides is 1. The van der Waals surface area contributed by atoms with Crippen molar-refractivity contribution in [3.8, 4) is 6.07 Å². The van der Waals surface area contributed by atoms with Gasteiger partial charge < -0.3 is 14.5 Å². The van der Waals surface area contributed by atoms with E-state index >= 15 is 0 Å². The van der Waals surface area contributed by atoms with Crippen LogP contribution in [-0.4, -0.2) is 68.9 Å². The topological polar surface area (TPSA) is 120 Å². The minimum Gasteiger partial charge on any atom is -0.464 e. The molecule has 2 heterocycles. The van der Waals surface area contributed by atoms with Crippen LogP contribution in [0.25, 0.3) is 0 Å². The predicted octanol–water partition coefficient (Wildman–Crippen LogP) is 2.77. The number of likely N-dealkylation sites (N-methyl/N-ethyl adjacent to an activating group) is 1. The first-order valence-electron chi connectivity index (χ1n) is 13.5. The Hall–Kier alpha value is -3.52. The highest BCUT2D eigenvalue weighted by atomic mass is 32.2. The first kappa shape index (κ1) is 29.5. The molecule has 1 N–H and O–H groups in total. The van der Waals surface area contributed by atoms with E-state index in [4.69, 9.17) is 4.74 Å². The van der Waals surface area contributed by atoms with Crippen molar-refractivity contribution in [2.75, 3.05) is 26.7 Å². The van der Waals surface area contributed by atoms with Gasteiger partial charge in [-0.1, -0.05) is 30.4 Å². The van der Waals surface area contributed by atoms with Crippen molar-refractivity contribution >= 4 is 21.9 Å². The number of sulfonamides is 1. The number of carbonyl (C=O) groups excluding carboxylic acids is 2. The van der Waals surface area contributed by atoms with Gasteiger partial charge in [0.2, 0.25) is 15.9 Å². The Labute approximate surface area is 236 Å². The van der Waals surface area contributed by atoms with E-state index in [1.165, 1.54) is 4.90 Å². The van der Waals surface area contributed by atoms with Crippen LogP contribution >= 0.6 is 0 Å². The fraction of sp³-hybridized carbons (Fsp3) is 0.433. The minimum absolute atomic E-state index is 0.0107. The Balaban J connectivity index is 1.73. The Morgan fingerprint density at radius 1 is 1.15 bits per heavy atom. The largest absolute Gasteiger partial charge is 0.464 e. The molecule has 4 rings (SSSR count). The number of benzene rings is 2. The van der Waals surface area contributed by atoms with E-state index in [0.717, 1.165) is 35.2 Å². The van der Waals surface area contributed by atoms with Gasteiger partial charge in [-0.25, -0.2) is 13.2 Å². The summed E-state index contributed by atoms with van der Waals surface area (Å²) in [5.41, 5.74) is 4.66. The van der Waals surface area contributed by atoms with Gasteiger partial charge in [-0.3, -0.25) is 4.79 Å². The molecule has 2 atom stereocenters. The van der Waals surface area contributed by atoms with Crippen molar-refractivity contribution < 1.29 is 22.7 Å². The summed E-state index contributed by atoms with van der Waals surface area (Å²) >= 11 is 0. The quantitative estimate of drug-likeness (QED) is 0.387. The normalized spacial score (nSPS) is 18.1. The zero-order valence-corrected chi connectivity index (χ0v) is 24.3. The molecule has 9 nitrogen and oxygen atoms in total. The summed E-state index contributed by atoms with van der Waals surface area (Å²) < 4.78 is 35.8. The third-order valence-corrected chi connectivity index (χ3v) is 9.14. The van der Waals surface area contributed by atoms with E-state index in [2.05, 4.69) is 15.7 Å². The maximum atomic E-state index is 14.0. The van der Waals surface area contributed by atoms with E-state index in [1.54, 1.807) is 43.3 Å². The number of aryl methyl sites for hydroxylation is 2. The van der Waals surface area contributed by atoms with Gasteiger partial charge >= 0.3 is 5.97 Å². The lowest BCUT2D eigenvalue weighted by molar-refractivity contribution is -0.155. The van der Waals surface area contributed by atoms with Crippen LogP contribution in [0.2, 0.25) is 0 Å². The summed E-state index contributed by atoms with van der Waals surface area (Å²) in [5.74, 6) is -1.05. The van der Waals surface area contributed by atoms with Crippen molar-refractivity contribution in [3.05, 3.63) is 75.9 Å². The maximum absolute atomic E-state index is 14.0. The minimum atomic E-state index is -4.14. The zero-order valence-electron chi connectivity index (χ0n) is 23.4. The molecule has 2 aliphatic heterocycles. The molecule has 10 heteroatoms. The second-order valence-corrected chi connectivity index (χ2v) is 12.1. The van der Waals surface area contributed by atoms with Crippen molar-refractivity contribution in [3.63, 3.8) is 0 Å². The van der Waals surface area contributed by atoms with E-state index in [9.17, 15) is 23.3 Å². The number of fused-ring (bicyclic) bond motifs is 1. The summed E-state index contributed by atoms with van der Waals surface area (Å²) in [5, 5.41) is 9.53. The molecule has 1 amide bonds. The molecule has 0 bridgehead atoms. The Morgan fingerprint density at radius 2 is 1.90 bits per heavy atom. The van der Waals surface area contributed by atoms with Crippen LogP contribution in [0.4, 0.5) is 0 Å². The molecule has 2 aromatic rings. The van der Waals surface area contributed by atoms with Crippen molar-refractivity contribution in [2.24, 2.45) is 0 Å². The molecular weight excluding hydrogens is 528 g/mol. The molecule has 40 heavy (non-hydrogen) atoms. The number of hydrogen-bond acceptors (Lipinski definition) is 7. The Kier molecular flexibility index (Phi) is 9.08. The number of nitriles is 1. The van der Waals surface area contributed by atoms with Gasteiger partial charge in [0.05, 0.1) is 23.1 Å². The molecule has 0 saturated heterocycles. The standard InChI is InChI=1S/C30H36N4O5S/c1-5-39-30(36)27-8-6-7-14-34(27)29(35)26(17-22-11-9-20(2)23(16-22)18-31)32-40(37,38)28-12-10-21(3)24-13-15-33(4)19-25(24)28/h6-7,9-12,16,26-27,32H,5,8,13-15,17,19H2,1-4H3/t26-,27+/m0/s1. The zero-order chi connectivity index (χ0) is 29.0. The SMILES string of the molecule is CCOC(=O)[C@H]1CC=CCN1C(=O)[C@H](Cc1ccc(C)c(C#N)c1)NS(=O)(=O)c1ccc(C)c2c1CN(C)CC2. The third-order valence-electron chi connectivity index (χ3n) is 7.59. The molecule has 0 aliphatic carbocycles. The Morgan fingerprint density at radius 3 is 2.62 bits per heavy atom. The van der Waals surface area contributed by atoms with Gasteiger partial charge in [0, 0.05) is 19.6 Å². The molecule has 0 aromatic heterocycles. The van der Waals surface area contributed by atoms with E-state index in [-0.39, 0.29) is 30.9 Å². The van der Waals surface area contributed by atoms with Gasteiger partial charge in [0.15, 0.2) is 0 Å². The summed E-state index contributed by atoms with van der Waals surface area (Å²) in [4.78, 5) is 30.3. The molecular formula is C30H36N4O5S. The lowest BCUT2D eigenvalue weighted by Gasteiger charge is -2.34. The highest BCUT2D eigenvalue weighted by Crippen LogP contribution is 2.29. The molecule has 2 aliphatic rings. The van der Waals surface area contributed by atoms with Crippen LogP contribution in [0.5, 0.6) is 0 Å². The molecule has 2 aromatic carbocycles. The number of ether oxygens (including phenoxy) is 1. The van der Waals surface area contributed by atoms with Gasteiger partial charge in [0.25, 0.3) is 0 Å². The van der Waals surface area contributed by atoms with Crippen molar-refractivity contribution in [2.45, 2.75) is 63.6 Å². The fourth-order valence-corrected chi connectivity index (χ4v) is 6.81. The summed E-state index contributed by atoms with van der Waals surface area (Å²) in [6.07, 6.45) is 4.64. The molecule has 212 valence electrons. The van der Waals surface area contributed by atoms with Gasteiger partial charge in [-0.2, -0.15) is 9.98 Å². The first-order chi connectivity index (χ1) is 19.1. The van der Waals surface area contributed by atoms with E-state index in [0.29, 0.717) is 17.7 Å². The van der Waals surface area contributed by atoms with Crippen LogP contribution in [0.15, 0.2) is 47.4 Å². The number of nitrogens with zero attached hydrogens (tertiary/aromatic N) is 3. The molecule has 0 saturated carbocycles. The van der Waals surface area contributed by atoms with Crippen LogP contribution in [-0.2, 0) is 43.7 Å². The van der Waals surface area contributed by atoms with E-state index < -0.39 is 34.0 Å². The smallest absolute Gasteiger partial charge is 0.329 e. The van der Waals surface area contributed by atoms with Gasteiger partial charge in [-0.15, -0.1) is 0 Å². The fourth-order valence-electron chi connectivity index (χ4n) is 5.37. The summed E-state index contributed by atoms with van der Waals surface area (Å²) in [6.45, 7) is 7.13. The maximum Gasteiger partial charge on any atom is 0.329 e.